The van der Waals surface area contributed by atoms with Crippen LogP contribution in [-0.4, -0.2) is 21.7 Å². The lowest BCUT2D eigenvalue weighted by molar-refractivity contribution is -0.137. The van der Waals surface area contributed by atoms with Gasteiger partial charge in [-0.25, -0.2) is 14.8 Å². The van der Waals surface area contributed by atoms with Gasteiger partial charge in [-0.2, -0.15) is 13.2 Å². The molecule has 0 radical (unpaired) electrons. The largest absolute Gasteiger partial charge is 0.416 e. The Balaban J connectivity index is 1.69. The molecule has 0 saturated carbocycles. The molecule has 30 heavy (non-hydrogen) atoms. The maximum Gasteiger partial charge on any atom is 0.416 e. The van der Waals surface area contributed by atoms with Crippen molar-refractivity contribution >= 4 is 34.8 Å². The third-order valence-corrected chi connectivity index (χ3v) is 4.04. The number of rotatable bonds is 4. The van der Waals surface area contributed by atoms with E-state index in [4.69, 9.17) is 16.9 Å². The number of amides is 2. The maximum absolute atomic E-state index is 12.8. The van der Waals surface area contributed by atoms with E-state index < -0.39 is 17.8 Å². The fourth-order valence-electron chi connectivity index (χ4n) is 2.60. The van der Waals surface area contributed by atoms with Crippen molar-refractivity contribution in [2.24, 2.45) is 0 Å². The molecule has 2 aromatic carbocycles. The van der Waals surface area contributed by atoms with Gasteiger partial charge in [0.2, 0.25) is 0 Å². The Bertz CT molecular complexity index is 1080. The molecule has 0 atom stereocenters. The standard InChI is InChI=1S/C19H16F3N7O/c20-19(21,22)11-2-1-3-13(8-11)29-18(30)28-12-6-4-10(5-7-12)15(23)14-16(24)26-9-27-17(14)25/h1-9,23H,(H2,28,29,30)(H4,24,25,26,27). The van der Waals surface area contributed by atoms with Crippen molar-refractivity contribution in [3.05, 3.63) is 71.5 Å². The molecule has 0 bridgehead atoms. The lowest BCUT2D eigenvalue weighted by Crippen LogP contribution is -2.20. The minimum atomic E-state index is -4.51. The van der Waals surface area contributed by atoms with Gasteiger partial charge in [-0.05, 0) is 30.3 Å². The van der Waals surface area contributed by atoms with Gasteiger partial charge in [-0.3, -0.25) is 5.41 Å². The Hall–Kier alpha value is -4.15. The molecule has 3 rings (SSSR count). The smallest absolute Gasteiger partial charge is 0.383 e. The van der Waals surface area contributed by atoms with E-state index in [1.807, 2.05) is 0 Å². The zero-order chi connectivity index (χ0) is 21.9. The number of halogens is 3. The average Bonchev–Trinajstić information content (AvgIpc) is 2.68. The SMILES string of the molecule is N=C(c1ccc(NC(=O)Nc2cccc(C(F)(F)F)c2)cc1)c1c(N)ncnc1N. The van der Waals surface area contributed by atoms with Gasteiger partial charge in [0.15, 0.2) is 0 Å². The van der Waals surface area contributed by atoms with Gasteiger partial charge in [0, 0.05) is 16.9 Å². The molecule has 0 fully saturated rings. The molecule has 154 valence electrons. The molecule has 0 saturated heterocycles. The van der Waals surface area contributed by atoms with Crippen molar-refractivity contribution in [3.8, 4) is 0 Å². The molecule has 1 aromatic heterocycles. The first-order chi connectivity index (χ1) is 14.1. The Morgan fingerprint density at radius 1 is 0.933 bits per heavy atom. The molecule has 7 N–H and O–H groups in total. The number of hydrogen-bond donors (Lipinski definition) is 5. The Morgan fingerprint density at radius 2 is 1.53 bits per heavy atom. The van der Waals surface area contributed by atoms with Crippen molar-refractivity contribution < 1.29 is 18.0 Å². The van der Waals surface area contributed by atoms with Crippen LogP contribution in [0.5, 0.6) is 0 Å². The summed E-state index contributed by atoms with van der Waals surface area (Å²) in [7, 11) is 0. The quantitative estimate of drug-likeness (QED) is 0.413. The number of alkyl halides is 3. The Labute approximate surface area is 168 Å². The van der Waals surface area contributed by atoms with Crippen LogP contribution in [0.1, 0.15) is 16.7 Å². The molecule has 0 spiro atoms. The van der Waals surface area contributed by atoms with Gasteiger partial charge in [0.1, 0.15) is 18.0 Å². The number of nitrogens with one attached hydrogen (secondary N) is 3. The molecular weight excluding hydrogens is 399 g/mol. The lowest BCUT2D eigenvalue weighted by atomic mass is 10.0. The van der Waals surface area contributed by atoms with Crippen LogP contribution in [0.4, 0.5) is 41.0 Å². The van der Waals surface area contributed by atoms with E-state index in [1.54, 1.807) is 12.1 Å². The van der Waals surface area contributed by atoms with E-state index in [-0.39, 0.29) is 28.6 Å². The van der Waals surface area contributed by atoms with Gasteiger partial charge < -0.3 is 22.1 Å². The van der Waals surface area contributed by atoms with Gasteiger partial charge in [0.25, 0.3) is 0 Å². The molecule has 1 heterocycles. The third-order valence-electron chi connectivity index (χ3n) is 4.04. The van der Waals surface area contributed by atoms with Crippen molar-refractivity contribution in [2.75, 3.05) is 22.1 Å². The minimum Gasteiger partial charge on any atom is -0.383 e. The number of carbonyl (C=O) groups is 1. The predicted molar refractivity (Wildman–Crippen MR) is 107 cm³/mol. The van der Waals surface area contributed by atoms with Gasteiger partial charge in [0.05, 0.1) is 16.8 Å². The highest BCUT2D eigenvalue weighted by atomic mass is 19.4. The first kappa shape index (κ1) is 20.6. The molecule has 0 aliphatic heterocycles. The zero-order valence-corrected chi connectivity index (χ0v) is 15.3. The Kier molecular flexibility index (Phi) is 5.54. The van der Waals surface area contributed by atoms with Crippen molar-refractivity contribution in [3.63, 3.8) is 0 Å². The van der Waals surface area contributed by atoms with Crippen molar-refractivity contribution in [2.45, 2.75) is 6.18 Å². The van der Waals surface area contributed by atoms with E-state index in [1.165, 1.54) is 30.6 Å². The topological polar surface area (TPSA) is 143 Å². The number of aromatic nitrogens is 2. The highest BCUT2D eigenvalue weighted by molar-refractivity contribution is 6.16. The van der Waals surface area contributed by atoms with Crippen LogP contribution in [0, 0.1) is 5.41 Å². The maximum atomic E-state index is 12.8. The van der Waals surface area contributed by atoms with Crippen LogP contribution in [0.15, 0.2) is 54.9 Å². The monoisotopic (exact) mass is 415 g/mol. The summed E-state index contributed by atoms with van der Waals surface area (Å²) in [4.78, 5) is 19.7. The molecule has 0 aliphatic carbocycles. The first-order valence-electron chi connectivity index (χ1n) is 8.45. The van der Waals surface area contributed by atoms with Crippen molar-refractivity contribution in [1.82, 2.24) is 9.97 Å². The summed E-state index contributed by atoms with van der Waals surface area (Å²) in [5.74, 6) is 0.130. The summed E-state index contributed by atoms with van der Waals surface area (Å²) in [6.45, 7) is 0. The van der Waals surface area contributed by atoms with E-state index >= 15 is 0 Å². The number of hydrogen-bond acceptors (Lipinski definition) is 6. The fourth-order valence-corrected chi connectivity index (χ4v) is 2.60. The summed E-state index contributed by atoms with van der Waals surface area (Å²) in [6.07, 6.45) is -3.32. The number of urea groups is 1. The number of nitrogens with zero attached hydrogens (tertiary/aromatic N) is 2. The van der Waals surface area contributed by atoms with Crippen LogP contribution >= 0.6 is 0 Å². The number of benzene rings is 2. The predicted octanol–water partition coefficient (Wildman–Crippen LogP) is 3.72. The molecular formula is C19H16F3N7O. The summed E-state index contributed by atoms with van der Waals surface area (Å²) in [5, 5.41) is 13.1. The van der Waals surface area contributed by atoms with E-state index in [2.05, 4.69) is 20.6 Å². The second-order valence-corrected chi connectivity index (χ2v) is 6.13. The molecule has 3 aromatic rings. The van der Waals surface area contributed by atoms with E-state index in [9.17, 15) is 18.0 Å². The van der Waals surface area contributed by atoms with E-state index in [0.29, 0.717) is 11.3 Å². The molecule has 0 aliphatic rings. The average molecular weight is 415 g/mol. The Morgan fingerprint density at radius 3 is 2.13 bits per heavy atom. The summed E-state index contributed by atoms with van der Waals surface area (Å²) >= 11 is 0. The lowest BCUT2D eigenvalue weighted by Gasteiger charge is -2.12. The molecule has 8 nitrogen and oxygen atoms in total. The van der Waals surface area contributed by atoms with Crippen LogP contribution in [0.3, 0.4) is 0 Å². The second kappa shape index (κ2) is 8.07. The number of carbonyl (C=O) groups excluding carboxylic acids is 1. The zero-order valence-electron chi connectivity index (χ0n) is 15.3. The highest BCUT2D eigenvalue weighted by Gasteiger charge is 2.30. The van der Waals surface area contributed by atoms with Crippen LogP contribution in [0.2, 0.25) is 0 Å². The molecule has 0 unspecified atom stereocenters. The summed E-state index contributed by atoms with van der Waals surface area (Å²) < 4.78 is 38.3. The van der Waals surface area contributed by atoms with Gasteiger partial charge in [-0.15, -0.1) is 0 Å². The second-order valence-electron chi connectivity index (χ2n) is 6.13. The third kappa shape index (κ3) is 4.63. The van der Waals surface area contributed by atoms with Gasteiger partial charge >= 0.3 is 12.2 Å². The highest BCUT2D eigenvalue weighted by Crippen LogP contribution is 2.30. The normalized spacial score (nSPS) is 11.0. The minimum absolute atomic E-state index is 0.00393. The molecule has 2 amide bonds. The van der Waals surface area contributed by atoms with E-state index in [0.717, 1.165) is 12.1 Å². The summed E-state index contributed by atoms with van der Waals surface area (Å²) in [5.41, 5.74) is 11.7. The number of anilines is 4. The van der Waals surface area contributed by atoms with Crippen molar-refractivity contribution in [1.29, 1.82) is 5.41 Å². The number of nitrogens with two attached hydrogens (primary N) is 2. The van der Waals surface area contributed by atoms with Crippen LogP contribution < -0.4 is 22.1 Å². The first-order valence-corrected chi connectivity index (χ1v) is 8.45. The molecule has 11 heteroatoms. The number of nitrogen functional groups attached to an aromatic ring is 2. The van der Waals surface area contributed by atoms with Crippen LogP contribution in [0.25, 0.3) is 0 Å². The fraction of sp³-hybridized carbons (Fsp3) is 0.0526. The van der Waals surface area contributed by atoms with Crippen LogP contribution in [-0.2, 0) is 6.18 Å². The van der Waals surface area contributed by atoms with Gasteiger partial charge in [-0.1, -0.05) is 18.2 Å². The summed E-state index contributed by atoms with van der Waals surface area (Å²) in [6, 6.07) is 9.70.